The van der Waals surface area contributed by atoms with Gasteiger partial charge in [0, 0.05) is 23.4 Å². The Morgan fingerprint density at radius 3 is 2.25 bits per heavy atom. The van der Waals surface area contributed by atoms with Gasteiger partial charge in [-0.05, 0) is 67.5 Å². The Bertz CT molecular complexity index is 1200. The normalized spacial score (nSPS) is 11.7. The number of carbonyl (C=O) groups excluding carboxylic acids is 2. The number of hydrogen-bond donors (Lipinski definition) is 3. The van der Waals surface area contributed by atoms with Gasteiger partial charge in [-0.1, -0.05) is 0 Å². The topological polar surface area (TPSA) is 149 Å². The number of hydrogen-bond acceptors (Lipinski definition) is 8. The number of anilines is 2. The van der Waals surface area contributed by atoms with Crippen LogP contribution >= 0.6 is 0 Å². The first-order valence-electron chi connectivity index (χ1n) is 11.4. The van der Waals surface area contributed by atoms with Gasteiger partial charge in [0.05, 0.1) is 17.3 Å². The summed E-state index contributed by atoms with van der Waals surface area (Å²) in [6, 6.07) is 4.29. The third kappa shape index (κ3) is 8.10. The molecule has 0 atom stereocenters. The van der Waals surface area contributed by atoms with Crippen LogP contribution in [0.5, 0.6) is 5.75 Å². The maximum Gasteiger partial charge on any atom is 0.412 e. The van der Waals surface area contributed by atoms with Crippen molar-refractivity contribution in [1.29, 1.82) is 0 Å². The molecule has 0 radical (unpaired) electrons. The Morgan fingerprint density at radius 2 is 1.72 bits per heavy atom. The van der Waals surface area contributed by atoms with Crippen molar-refractivity contribution >= 4 is 29.5 Å². The summed E-state index contributed by atoms with van der Waals surface area (Å²) in [5, 5.41) is 14.9. The minimum atomic E-state index is -1.23. The van der Waals surface area contributed by atoms with Gasteiger partial charge in [-0.3, -0.25) is 24.3 Å². The molecule has 2 rings (SSSR count). The van der Waals surface area contributed by atoms with E-state index in [1.54, 1.807) is 41.5 Å². The highest BCUT2D eigenvalue weighted by molar-refractivity contribution is 5.87. The standard InChI is InChI=1S/C25H34N4O7/c1-14(2)27-20-21(32)29(13-19(30)31)18(12-26-20)15-9-16(28-23(34)36-25(6,7)8)11-17(10-15)35-22(33)24(3,4)5/h9-12,14H,13H2,1-8H3,(H,26,27)(H,28,34)(H,30,31). The second-order valence-electron chi connectivity index (χ2n) is 10.6. The van der Waals surface area contributed by atoms with Crippen molar-refractivity contribution in [2.24, 2.45) is 5.41 Å². The second-order valence-corrected chi connectivity index (χ2v) is 10.6. The predicted octanol–water partition coefficient (Wildman–Crippen LogP) is 4.11. The molecular weight excluding hydrogens is 468 g/mol. The average Bonchev–Trinajstić information content (AvgIpc) is 2.68. The monoisotopic (exact) mass is 502 g/mol. The minimum Gasteiger partial charge on any atom is -0.480 e. The summed E-state index contributed by atoms with van der Waals surface area (Å²) in [6.07, 6.45) is 0.599. The summed E-state index contributed by atoms with van der Waals surface area (Å²) in [5.74, 6) is -1.68. The maximum atomic E-state index is 13.0. The molecule has 3 N–H and O–H groups in total. The van der Waals surface area contributed by atoms with Crippen molar-refractivity contribution in [3.8, 4) is 17.0 Å². The van der Waals surface area contributed by atoms with Crippen LogP contribution in [0.4, 0.5) is 16.3 Å². The molecule has 1 aromatic carbocycles. The number of carboxylic acids is 1. The predicted molar refractivity (Wildman–Crippen MR) is 135 cm³/mol. The summed E-state index contributed by atoms with van der Waals surface area (Å²) in [5.41, 5.74) is -1.56. The van der Waals surface area contributed by atoms with Crippen molar-refractivity contribution in [3.63, 3.8) is 0 Å². The number of aliphatic carboxylic acids is 1. The molecule has 11 heteroatoms. The number of nitrogens with one attached hydrogen (secondary N) is 2. The largest absolute Gasteiger partial charge is 0.480 e. The highest BCUT2D eigenvalue weighted by atomic mass is 16.6. The molecule has 0 saturated carbocycles. The number of carboxylic acid groups (broad SMARTS) is 1. The number of amides is 1. The first kappa shape index (κ1) is 28.3. The highest BCUT2D eigenvalue weighted by Crippen LogP contribution is 2.30. The van der Waals surface area contributed by atoms with Crippen LogP contribution in [0.3, 0.4) is 0 Å². The van der Waals surface area contributed by atoms with E-state index in [0.717, 1.165) is 4.57 Å². The number of aromatic nitrogens is 2. The Morgan fingerprint density at radius 1 is 1.08 bits per heavy atom. The molecular formula is C25H34N4O7. The SMILES string of the molecule is CC(C)Nc1ncc(-c2cc(NC(=O)OC(C)(C)C)cc(OC(=O)C(C)(C)C)c2)n(CC(=O)O)c1=O. The number of rotatable bonds is 7. The molecule has 0 spiro atoms. The van der Waals surface area contributed by atoms with Crippen LogP contribution in [0.1, 0.15) is 55.4 Å². The van der Waals surface area contributed by atoms with E-state index in [2.05, 4.69) is 15.6 Å². The van der Waals surface area contributed by atoms with Gasteiger partial charge in [0.15, 0.2) is 5.82 Å². The molecule has 2 aromatic rings. The summed E-state index contributed by atoms with van der Waals surface area (Å²) < 4.78 is 11.9. The van der Waals surface area contributed by atoms with Gasteiger partial charge >= 0.3 is 18.0 Å². The fourth-order valence-electron chi connectivity index (χ4n) is 2.94. The van der Waals surface area contributed by atoms with Crippen LogP contribution in [0.25, 0.3) is 11.3 Å². The van der Waals surface area contributed by atoms with Gasteiger partial charge in [-0.15, -0.1) is 0 Å². The van der Waals surface area contributed by atoms with Crippen molar-refractivity contribution in [1.82, 2.24) is 9.55 Å². The van der Waals surface area contributed by atoms with Crippen LogP contribution in [-0.2, 0) is 20.9 Å². The molecule has 0 saturated heterocycles. The smallest absolute Gasteiger partial charge is 0.412 e. The van der Waals surface area contributed by atoms with Crippen LogP contribution in [0, 0.1) is 5.41 Å². The number of ether oxygens (including phenoxy) is 2. The summed E-state index contributed by atoms with van der Waals surface area (Å²) >= 11 is 0. The molecule has 36 heavy (non-hydrogen) atoms. The van der Waals surface area contributed by atoms with E-state index in [-0.39, 0.29) is 29.0 Å². The van der Waals surface area contributed by atoms with E-state index in [1.165, 1.54) is 24.4 Å². The van der Waals surface area contributed by atoms with Gasteiger partial charge < -0.3 is 19.9 Å². The third-order valence-corrected chi connectivity index (χ3v) is 4.44. The zero-order valence-electron chi connectivity index (χ0n) is 21.9. The van der Waals surface area contributed by atoms with E-state index >= 15 is 0 Å². The fraction of sp³-hybridized carbons (Fsp3) is 0.480. The Balaban J connectivity index is 2.67. The molecule has 196 valence electrons. The molecule has 1 amide bonds. The Hall–Kier alpha value is -3.89. The van der Waals surface area contributed by atoms with Gasteiger partial charge in [0.2, 0.25) is 0 Å². The quantitative estimate of drug-likeness (QED) is 0.375. The molecule has 0 unspecified atom stereocenters. The second kappa shape index (κ2) is 10.8. The Kier molecular flexibility index (Phi) is 8.50. The first-order valence-corrected chi connectivity index (χ1v) is 11.4. The molecule has 0 aliphatic carbocycles. The zero-order valence-corrected chi connectivity index (χ0v) is 21.9. The lowest BCUT2D eigenvalue weighted by Crippen LogP contribution is -2.30. The average molecular weight is 503 g/mol. The van der Waals surface area contributed by atoms with E-state index in [1.807, 2.05) is 13.8 Å². The van der Waals surface area contributed by atoms with E-state index in [9.17, 15) is 24.3 Å². The molecule has 0 aliphatic heterocycles. The van der Waals surface area contributed by atoms with Crippen LogP contribution in [0.15, 0.2) is 29.2 Å². The number of nitrogens with zero attached hydrogens (tertiary/aromatic N) is 2. The molecule has 11 nitrogen and oxygen atoms in total. The van der Waals surface area contributed by atoms with Gasteiger partial charge in [0.1, 0.15) is 17.9 Å². The summed E-state index contributed by atoms with van der Waals surface area (Å²) in [6.45, 7) is 13.2. The van der Waals surface area contributed by atoms with Crippen LogP contribution < -0.4 is 20.9 Å². The van der Waals surface area contributed by atoms with Crippen LogP contribution in [-0.4, -0.2) is 44.3 Å². The van der Waals surface area contributed by atoms with E-state index in [4.69, 9.17) is 9.47 Å². The van der Waals surface area contributed by atoms with Crippen molar-refractivity contribution in [2.45, 2.75) is 73.6 Å². The Labute approximate surface area is 209 Å². The van der Waals surface area contributed by atoms with Crippen LogP contribution in [0.2, 0.25) is 0 Å². The lowest BCUT2D eigenvalue weighted by Gasteiger charge is -2.21. The first-order chi connectivity index (χ1) is 16.5. The van der Waals surface area contributed by atoms with Gasteiger partial charge in [0.25, 0.3) is 5.56 Å². The van der Waals surface area contributed by atoms with Crippen molar-refractivity contribution in [2.75, 3.05) is 10.6 Å². The summed E-state index contributed by atoms with van der Waals surface area (Å²) in [4.78, 5) is 53.7. The number of benzene rings is 1. The van der Waals surface area contributed by atoms with E-state index in [0.29, 0.717) is 5.56 Å². The minimum absolute atomic E-state index is 0.00239. The maximum absolute atomic E-state index is 13.0. The number of carbonyl (C=O) groups is 3. The third-order valence-electron chi connectivity index (χ3n) is 4.44. The molecule has 0 aliphatic rings. The lowest BCUT2D eigenvalue weighted by atomic mass is 9.97. The number of esters is 1. The van der Waals surface area contributed by atoms with Gasteiger partial charge in [-0.2, -0.15) is 0 Å². The molecule has 1 aromatic heterocycles. The van der Waals surface area contributed by atoms with Gasteiger partial charge in [-0.25, -0.2) is 9.78 Å². The molecule has 1 heterocycles. The lowest BCUT2D eigenvalue weighted by molar-refractivity contribution is -0.143. The highest BCUT2D eigenvalue weighted by Gasteiger charge is 2.25. The van der Waals surface area contributed by atoms with Crippen molar-refractivity contribution < 1.29 is 29.0 Å². The fourth-order valence-corrected chi connectivity index (χ4v) is 2.94. The zero-order chi connectivity index (χ0) is 27.4. The molecule has 0 fully saturated rings. The molecule has 0 bridgehead atoms. The van der Waals surface area contributed by atoms with E-state index < -0.39 is 41.2 Å². The van der Waals surface area contributed by atoms with Crippen molar-refractivity contribution in [3.05, 3.63) is 34.7 Å². The summed E-state index contributed by atoms with van der Waals surface area (Å²) in [7, 11) is 0.